The fraction of sp³-hybridized carbons (Fsp3) is 0.444. The summed E-state index contributed by atoms with van der Waals surface area (Å²) in [5, 5.41) is 7.53. The number of ether oxygens (including phenoxy) is 1. The molecule has 2 aromatic rings. The summed E-state index contributed by atoms with van der Waals surface area (Å²) >= 11 is 0. The molecule has 1 N–H and O–H groups in total. The minimum Gasteiger partial charge on any atom is -0.370 e. The van der Waals surface area contributed by atoms with Gasteiger partial charge in [-0.3, -0.25) is 9.67 Å². The molecule has 1 unspecified atom stereocenters. The van der Waals surface area contributed by atoms with E-state index >= 15 is 0 Å². The maximum absolute atomic E-state index is 13.7. The Bertz CT molecular complexity index is 730. The Morgan fingerprint density at radius 2 is 2.28 bits per heavy atom. The zero-order valence-corrected chi connectivity index (χ0v) is 14.7. The van der Waals surface area contributed by atoms with Gasteiger partial charge >= 0.3 is 0 Å². The Morgan fingerprint density at radius 3 is 3.00 bits per heavy atom. The second-order valence-electron chi connectivity index (χ2n) is 6.07. The van der Waals surface area contributed by atoms with Crippen LogP contribution < -0.4 is 5.32 Å². The van der Waals surface area contributed by atoms with Crippen LogP contribution in [0.5, 0.6) is 0 Å². The van der Waals surface area contributed by atoms with Gasteiger partial charge in [-0.05, 0) is 18.1 Å². The second kappa shape index (κ2) is 8.11. The standard InChI is InChI=1S/C18H24FN5O/c1-20-18(21-8-7-14-5-3-4-6-16(14)19)24-9-10-25-17(13-24)15-11-22-23(2)12-15/h3-6,11-12,17H,7-10,13H2,1-2H3,(H,20,21). The monoisotopic (exact) mass is 345 g/mol. The average molecular weight is 345 g/mol. The van der Waals surface area contributed by atoms with Gasteiger partial charge in [-0.2, -0.15) is 5.10 Å². The van der Waals surface area contributed by atoms with Crippen LogP contribution in [-0.4, -0.2) is 53.9 Å². The predicted octanol–water partition coefficient (Wildman–Crippen LogP) is 1.75. The maximum atomic E-state index is 13.7. The summed E-state index contributed by atoms with van der Waals surface area (Å²) in [4.78, 5) is 6.53. The van der Waals surface area contributed by atoms with Crippen LogP contribution in [0.4, 0.5) is 4.39 Å². The first-order valence-electron chi connectivity index (χ1n) is 8.46. The topological polar surface area (TPSA) is 54.7 Å². The molecular weight excluding hydrogens is 321 g/mol. The number of halogens is 1. The number of nitrogens with one attached hydrogen (secondary N) is 1. The van der Waals surface area contributed by atoms with E-state index in [0.29, 0.717) is 31.7 Å². The van der Waals surface area contributed by atoms with E-state index in [1.807, 2.05) is 31.6 Å². The first-order chi connectivity index (χ1) is 12.2. The molecule has 1 aliphatic rings. The van der Waals surface area contributed by atoms with Crippen molar-refractivity contribution in [1.82, 2.24) is 20.0 Å². The van der Waals surface area contributed by atoms with E-state index in [1.165, 1.54) is 6.07 Å². The Morgan fingerprint density at radius 1 is 1.44 bits per heavy atom. The minimum absolute atomic E-state index is 0.0208. The molecule has 1 fully saturated rings. The number of aromatic nitrogens is 2. The van der Waals surface area contributed by atoms with Crippen molar-refractivity contribution in [3.05, 3.63) is 53.6 Å². The summed E-state index contributed by atoms with van der Waals surface area (Å²) < 4.78 is 21.3. The first-order valence-corrected chi connectivity index (χ1v) is 8.46. The highest BCUT2D eigenvalue weighted by molar-refractivity contribution is 5.80. The average Bonchev–Trinajstić information content (AvgIpc) is 3.07. The van der Waals surface area contributed by atoms with Crippen molar-refractivity contribution in [2.45, 2.75) is 12.5 Å². The fourth-order valence-electron chi connectivity index (χ4n) is 2.99. The molecule has 1 aromatic carbocycles. The quantitative estimate of drug-likeness (QED) is 0.678. The number of benzene rings is 1. The zero-order chi connectivity index (χ0) is 17.6. The number of morpholine rings is 1. The van der Waals surface area contributed by atoms with Gasteiger partial charge in [0.05, 0.1) is 19.3 Å². The zero-order valence-electron chi connectivity index (χ0n) is 14.7. The molecule has 1 atom stereocenters. The Labute approximate surface area is 147 Å². The van der Waals surface area contributed by atoms with Crippen LogP contribution in [0.3, 0.4) is 0 Å². The van der Waals surface area contributed by atoms with Crippen LogP contribution >= 0.6 is 0 Å². The fourth-order valence-corrected chi connectivity index (χ4v) is 2.99. The second-order valence-corrected chi connectivity index (χ2v) is 6.07. The molecule has 6 nitrogen and oxygen atoms in total. The van der Waals surface area contributed by atoms with Gasteiger partial charge in [-0.25, -0.2) is 4.39 Å². The van der Waals surface area contributed by atoms with E-state index in [-0.39, 0.29) is 11.9 Å². The molecule has 134 valence electrons. The number of aryl methyl sites for hydroxylation is 1. The smallest absolute Gasteiger partial charge is 0.193 e. The van der Waals surface area contributed by atoms with Crippen molar-refractivity contribution in [2.24, 2.45) is 12.0 Å². The van der Waals surface area contributed by atoms with Gasteiger partial charge in [-0.15, -0.1) is 0 Å². The summed E-state index contributed by atoms with van der Waals surface area (Å²) in [6.45, 7) is 2.75. The highest BCUT2D eigenvalue weighted by Crippen LogP contribution is 2.21. The molecular formula is C18H24FN5O. The summed E-state index contributed by atoms with van der Waals surface area (Å²) in [5.41, 5.74) is 1.77. The van der Waals surface area contributed by atoms with Crippen LogP contribution in [0, 0.1) is 5.82 Å². The molecule has 1 aliphatic heterocycles. The molecule has 0 bridgehead atoms. The van der Waals surface area contributed by atoms with Crippen LogP contribution in [0.25, 0.3) is 0 Å². The lowest BCUT2D eigenvalue weighted by molar-refractivity contribution is -0.00800. The van der Waals surface area contributed by atoms with Crippen LogP contribution in [-0.2, 0) is 18.2 Å². The molecule has 0 spiro atoms. The largest absolute Gasteiger partial charge is 0.370 e. The van der Waals surface area contributed by atoms with Gasteiger partial charge in [0.15, 0.2) is 5.96 Å². The molecule has 1 saturated heterocycles. The highest BCUT2D eigenvalue weighted by atomic mass is 19.1. The van der Waals surface area contributed by atoms with Crippen molar-refractivity contribution in [3.63, 3.8) is 0 Å². The maximum Gasteiger partial charge on any atom is 0.193 e. The lowest BCUT2D eigenvalue weighted by Crippen LogP contribution is -2.48. The molecule has 0 amide bonds. The van der Waals surface area contributed by atoms with E-state index in [9.17, 15) is 4.39 Å². The summed E-state index contributed by atoms with van der Waals surface area (Å²) in [5.74, 6) is 0.649. The predicted molar refractivity (Wildman–Crippen MR) is 94.9 cm³/mol. The van der Waals surface area contributed by atoms with Crippen molar-refractivity contribution < 1.29 is 9.13 Å². The van der Waals surface area contributed by atoms with Gasteiger partial charge < -0.3 is 15.0 Å². The van der Waals surface area contributed by atoms with Gasteiger partial charge in [0.2, 0.25) is 0 Å². The molecule has 3 rings (SSSR count). The van der Waals surface area contributed by atoms with Gasteiger partial charge in [-0.1, -0.05) is 18.2 Å². The molecule has 25 heavy (non-hydrogen) atoms. The lowest BCUT2D eigenvalue weighted by Gasteiger charge is -2.34. The van der Waals surface area contributed by atoms with Crippen molar-refractivity contribution in [2.75, 3.05) is 33.3 Å². The highest BCUT2D eigenvalue weighted by Gasteiger charge is 2.25. The molecule has 0 aliphatic carbocycles. The summed E-state index contributed by atoms with van der Waals surface area (Å²) in [6, 6.07) is 6.86. The van der Waals surface area contributed by atoms with E-state index in [2.05, 4.69) is 20.3 Å². The Kier molecular flexibility index (Phi) is 5.65. The van der Waals surface area contributed by atoms with E-state index in [1.54, 1.807) is 17.8 Å². The number of nitrogens with zero attached hydrogens (tertiary/aromatic N) is 4. The van der Waals surface area contributed by atoms with Gasteiger partial charge in [0, 0.05) is 38.9 Å². The minimum atomic E-state index is -0.165. The Hall–Kier alpha value is -2.41. The van der Waals surface area contributed by atoms with Crippen LogP contribution in [0.15, 0.2) is 41.7 Å². The summed E-state index contributed by atoms with van der Waals surface area (Å²) in [6.07, 6.45) is 4.40. The van der Waals surface area contributed by atoms with Crippen molar-refractivity contribution in [3.8, 4) is 0 Å². The number of hydrogen-bond donors (Lipinski definition) is 1. The Balaban J connectivity index is 1.56. The van der Waals surface area contributed by atoms with E-state index in [4.69, 9.17) is 4.74 Å². The first kappa shape index (κ1) is 17.4. The summed E-state index contributed by atoms with van der Waals surface area (Å²) in [7, 11) is 3.66. The van der Waals surface area contributed by atoms with E-state index in [0.717, 1.165) is 18.1 Å². The third-order valence-electron chi connectivity index (χ3n) is 4.31. The SMILES string of the molecule is CN=C(NCCc1ccccc1F)N1CCOC(c2cnn(C)c2)C1. The molecule has 7 heteroatoms. The van der Waals surface area contributed by atoms with Crippen LogP contribution in [0.2, 0.25) is 0 Å². The number of hydrogen-bond acceptors (Lipinski definition) is 3. The van der Waals surface area contributed by atoms with Gasteiger partial charge in [0.1, 0.15) is 11.9 Å². The van der Waals surface area contributed by atoms with Crippen molar-refractivity contribution >= 4 is 5.96 Å². The number of rotatable bonds is 4. The van der Waals surface area contributed by atoms with Crippen LogP contribution in [0.1, 0.15) is 17.2 Å². The molecule has 2 heterocycles. The molecule has 0 saturated carbocycles. The molecule has 1 aromatic heterocycles. The lowest BCUT2D eigenvalue weighted by atomic mass is 10.1. The van der Waals surface area contributed by atoms with Gasteiger partial charge in [0.25, 0.3) is 0 Å². The van der Waals surface area contributed by atoms with Crippen molar-refractivity contribution in [1.29, 1.82) is 0 Å². The third-order valence-corrected chi connectivity index (χ3v) is 4.31. The normalized spacial score (nSPS) is 18.4. The third kappa shape index (κ3) is 4.36. The number of guanidine groups is 1. The van der Waals surface area contributed by atoms with E-state index < -0.39 is 0 Å². The number of aliphatic imine (C=N–C) groups is 1. The molecule has 0 radical (unpaired) electrons.